The van der Waals surface area contributed by atoms with Crippen molar-refractivity contribution in [2.45, 2.75) is 75.8 Å². The number of hydrogen-bond acceptors (Lipinski definition) is 6. The summed E-state index contributed by atoms with van der Waals surface area (Å²) in [5.41, 5.74) is 1.50. The highest BCUT2D eigenvalue weighted by Gasteiger charge is 2.40. The van der Waals surface area contributed by atoms with Crippen LogP contribution in [0, 0.1) is 0 Å². The third-order valence-corrected chi connectivity index (χ3v) is 7.48. The van der Waals surface area contributed by atoms with Crippen molar-refractivity contribution >= 4 is 17.7 Å². The minimum absolute atomic E-state index is 0.149. The van der Waals surface area contributed by atoms with Gasteiger partial charge in [0.2, 0.25) is 11.8 Å². The molecule has 0 bridgehead atoms. The number of methoxy groups -OCH3 is 1. The molecule has 1 aliphatic carbocycles. The highest BCUT2D eigenvalue weighted by atomic mass is 16.5. The van der Waals surface area contributed by atoms with E-state index in [0.29, 0.717) is 30.7 Å². The highest BCUT2D eigenvalue weighted by Crippen LogP contribution is 2.34. The predicted molar refractivity (Wildman–Crippen MR) is 116 cm³/mol. The van der Waals surface area contributed by atoms with Gasteiger partial charge in [-0.1, -0.05) is 0 Å². The van der Waals surface area contributed by atoms with Gasteiger partial charge in [0.1, 0.15) is 17.9 Å². The molecule has 0 aromatic heterocycles. The van der Waals surface area contributed by atoms with Gasteiger partial charge in [0.05, 0.1) is 6.10 Å². The molecule has 0 spiro atoms. The number of nitrogens with one attached hydrogen (secondary N) is 1. The van der Waals surface area contributed by atoms with E-state index in [4.69, 9.17) is 9.47 Å². The van der Waals surface area contributed by atoms with E-state index in [1.165, 1.54) is 0 Å². The molecule has 172 valence electrons. The Bertz CT molecular complexity index is 911. The van der Waals surface area contributed by atoms with Gasteiger partial charge < -0.3 is 14.4 Å². The van der Waals surface area contributed by atoms with Gasteiger partial charge in [0.15, 0.2) is 0 Å². The van der Waals surface area contributed by atoms with Gasteiger partial charge in [-0.2, -0.15) is 0 Å². The first-order valence-electron chi connectivity index (χ1n) is 11.7. The lowest BCUT2D eigenvalue weighted by Gasteiger charge is -2.38. The zero-order valence-corrected chi connectivity index (χ0v) is 18.5. The highest BCUT2D eigenvalue weighted by molar-refractivity contribution is 6.05. The number of benzene rings is 1. The normalized spacial score (nSPS) is 29.3. The molecule has 1 aromatic rings. The summed E-state index contributed by atoms with van der Waals surface area (Å²) in [5.74, 6) is -0.0280. The first-order valence-corrected chi connectivity index (χ1v) is 11.7. The molecule has 2 saturated heterocycles. The lowest BCUT2D eigenvalue weighted by atomic mass is 10.0. The largest absolute Gasteiger partial charge is 0.489 e. The Morgan fingerprint density at radius 3 is 2.59 bits per heavy atom. The fourth-order valence-corrected chi connectivity index (χ4v) is 5.70. The summed E-state index contributed by atoms with van der Waals surface area (Å²) in [6, 6.07) is 5.46. The number of carbonyl (C=O) groups excluding carboxylic acids is 3. The van der Waals surface area contributed by atoms with Crippen molar-refractivity contribution in [1.29, 1.82) is 0 Å². The molecule has 1 N–H and O–H groups in total. The summed E-state index contributed by atoms with van der Waals surface area (Å²) in [4.78, 5) is 40.7. The molecule has 3 fully saturated rings. The Kier molecular flexibility index (Phi) is 5.90. The number of rotatable bonds is 5. The van der Waals surface area contributed by atoms with Gasteiger partial charge in [0, 0.05) is 44.8 Å². The Labute approximate surface area is 188 Å². The summed E-state index contributed by atoms with van der Waals surface area (Å²) < 4.78 is 12.0. The minimum atomic E-state index is -0.591. The number of imide groups is 1. The number of carbonyl (C=O) groups is 3. The average molecular weight is 442 g/mol. The maximum absolute atomic E-state index is 12.9. The third kappa shape index (κ3) is 4.01. The van der Waals surface area contributed by atoms with Gasteiger partial charge in [-0.05, 0) is 62.3 Å². The standard InChI is InChI=1S/C24H31N3O5/c1-31-16-9-11-26(12-10-16)19-3-2-4-21(19)32-17-5-6-18-15(13-17)14-27(24(18)30)20-7-8-22(28)25-23(20)29/h5-6,13,16,19-21H,2-4,7-12,14H2,1H3,(H,25,28,29)/t19-,20?,21?/m0/s1. The maximum Gasteiger partial charge on any atom is 0.255 e. The molecule has 3 heterocycles. The number of ether oxygens (including phenoxy) is 2. The van der Waals surface area contributed by atoms with Crippen LogP contribution < -0.4 is 10.1 Å². The smallest absolute Gasteiger partial charge is 0.255 e. The van der Waals surface area contributed by atoms with E-state index in [9.17, 15) is 14.4 Å². The number of piperidine rings is 2. The van der Waals surface area contributed by atoms with Crippen molar-refractivity contribution in [2.75, 3.05) is 20.2 Å². The van der Waals surface area contributed by atoms with Crippen molar-refractivity contribution in [3.63, 3.8) is 0 Å². The molecule has 5 rings (SSSR count). The zero-order chi connectivity index (χ0) is 22.2. The van der Waals surface area contributed by atoms with Crippen LogP contribution in [0.15, 0.2) is 18.2 Å². The number of fused-ring (bicyclic) bond motifs is 1. The molecular weight excluding hydrogens is 410 g/mol. The van der Waals surface area contributed by atoms with Gasteiger partial charge in [0.25, 0.3) is 5.91 Å². The second-order valence-corrected chi connectivity index (χ2v) is 9.34. The molecule has 1 saturated carbocycles. The van der Waals surface area contributed by atoms with Crippen molar-refractivity contribution in [3.05, 3.63) is 29.3 Å². The maximum atomic E-state index is 12.9. The molecule has 3 aliphatic heterocycles. The predicted octanol–water partition coefficient (Wildman–Crippen LogP) is 1.86. The van der Waals surface area contributed by atoms with E-state index in [0.717, 1.165) is 56.5 Å². The molecule has 32 heavy (non-hydrogen) atoms. The van der Waals surface area contributed by atoms with Crippen LogP contribution in [0.1, 0.15) is 60.9 Å². The second-order valence-electron chi connectivity index (χ2n) is 9.34. The van der Waals surface area contributed by atoms with E-state index in [-0.39, 0.29) is 30.2 Å². The van der Waals surface area contributed by atoms with Crippen LogP contribution in [0.2, 0.25) is 0 Å². The summed E-state index contributed by atoms with van der Waals surface area (Å²) in [6.45, 7) is 2.46. The number of nitrogens with zero attached hydrogens (tertiary/aromatic N) is 2. The van der Waals surface area contributed by atoms with Crippen LogP contribution in [0.4, 0.5) is 0 Å². The fraction of sp³-hybridized carbons (Fsp3) is 0.625. The monoisotopic (exact) mass is 441 g/mol. The van der Waals surface area contributed by atoms with E-state index in [1.807, 2.05) is 18.2 Å². The second kappa shape index (κ2) is 8.83. The Morgan fingerprint density at radius 1 is 1.03 bits per heavy atom. The average Bonchev–Trinajstić information content (AvgIpc) is 3.38. The molecule has 3 atom stereocenters. The fourth-order valence-electron chi connectivity index (χ4n) is 5.70. The van der Waals surface area contributed by atoms with Gasteiger partial charge in [-0.25, -0.2) is 0 Å². The molecular formula is C24H31N3O5. The summed E-state index contributed by atoms with van der Waals surface area (Å²) in [7, 11) is 1.79. The molecule has 4 aliphatic rings. The lowest BCUT2D eigenvalue weighted by molar-refractivity contribution is -0.136. The molecule has 8 nitrogen and oxygen atoms in total. The first kappa shape index (κ1) is 21.4. The van der Waals surface area contributed by atoms with E-state index < -0.39 is 6.04 Å². The SMILES string of the molecule is COC1CCN([C@H]2CCCC2Oc2ccc3c(c2)CN(C2CCC(=O)NC2=O)C3=O)CC1. The van der Waals surface area contributed by atoms with Crippen LogP contribution >= 0.6 is 0 Å². The number of hydrogen-bond donors (Lipinski definition) is 1. The summed E-state index contributed by atoms with van der Waals surface area (Å²) in [5, 5.41) is 2.35. The molecule has 3 amide bonds. The Morgan fingerprint density at radius 2 is 1.84 bits per heavy atom. The van der Waals surface area contributed by atoms with Crippen molar-refractivity contribution in [1.82, 2.24) is 15.1 Å². The zero-order valence-electron chi connectivity index (χ0n) is 18.5. The minimum Gasteiger partial charge on any atom is -0.489 e. The molecule has 1 aromatic carbocycles. The number of likely N-dealkylation sites (tertiary alicyclic amines) is 1. The van der Waals surface area contributed by atoms with E-state index >= 15 is 0 Å². The van der Waals surface area contributed by atoms with Crippen LogP contribution in [0.3, 0.4) is 0 Å². The number of amides is 3. The van der Waals surface area contributed by atoms with E-state index in [2.05, 4.69) is 10.2 Å². The van der Waals surface area contributed by atoms with E-state index in [1.54, 1.807) is 12.0 Å². The molecule has 0 radical (unpaired) electrons. The molecule has 2 unspecified atom stereocenters. The van der Waals surface area contributed by atoms with Gasteiger partial charge in [-0.3, -0.25) is 24.6 Å². The summed E-state index contributed by atoms with van der Waals surface area (Å²) in [6.07, 6.45) is 6.62. The molecule has 8 heteroatoms. The van der Waals surface area contributed by atoms with Crippen LogP contribution in [0.5, 0.6) is 5.75 Å². The van der Waals surface area contributed by atoms with Crippen LogP contribution in [0.25, 0.3) is 0 Å². The van der Waals surface area contributed by atoms with Gasteiger partial charge >= 0.3 is 0 Å². The third-order valence-electron chi connectivity index (χ3n) is 7.48. The Balaban J connectivity index is 1.25. The van der Waals surface area contributed by atoms with Crippen molar-refractivity contribution in [3.8, 4) is 5.75 Å². The van der Waals surface area contributed by atoms with Crippen molar-refractivity contribution in [2.24, 2.45) is 0 Å². The van der Waals surface area contributed by atoms with Crippen LogP contribution in [-0.4, -0.2) is 72.0 Å². The first-order chi connectivity index (χ1) is 15.5. The van der Waals surface area contributed by atoms with Crippen LogP contribution in [-0.2, 0) is 20.9 Å². The van der Waals surface area contributed by atoms with Gasteiger partial charge in [-0.15, -0.1) is 0 Å². The topological polar surface area (TPSA) is 88.2 Å². The summed E-state index contributed by atoms with van der Waals surface area (Å²) >= 11 is 0. The quantitative estimate of drug-likeness (QED) is 0.702. The lowest BCUT2D eigenvalue weighted by Crippen LogP contribution is -2.52. The van der Waals surface area contributed by atoms with Crippen molar-refractivity contribution < 1.29 is 23.9 Å². The Hall–Kier alpha value is -2.45.